The minimum absolute atomic E-state index is 0.331. The molecule has 0 spiro atoms. The van der Waals surface area contributed by atoms with Gasteiger partial charge in [0, 0.05) is 34.1 Å². The lowest BCUT2D eigenvalue weighted by Gasteiger charge is -2.16. The van der Waals surface area contributed by atoms with Crippen LogP contribution in [0.1, 0.15) is 140 Å². The van der Waals surface area contributed by atoms with E-state index in [4.69, 9.17) is 0 Å². The lowest BCUT2D eigenvalue weighted by atomic mass is 9.89. The van der Waals surface area contributed by atoms with E-state index in [2.05, 4.69) is 127 Å². The van der Waals surface area contributed by atoms with Crippen LogP contribution in [0.5, 0.6) is 0 Å². The van der Waals surface area contributed by atoms with Crippen LogP contribution in [0.15, 0.2) is 36.4 Å². The highest BCUT2D eigenvalue weighted by molar-refractivity contribution is 5.53. The molecule has 0 bridgehead atoms. The normalized spacial score (nSPS) is 10.7. The first-order valence-corrected chi connectivity index (χ1v) is 15.0. The van der Waals surface area contributed by atoms with Gasteiger partial charge in [0.25, 0.3) is 0 Å². The Kier molecular flexibility index (Phi) is 13.9. The van der Waals surface area contributed by atoms with Gasteiger partial charge in [-0.05, 0) is 66.1 Å². The zero-order chi connectivity index (χ0) is 27.9. The Labute approximate surface area is 235 Å². The molecule has 0 atom stereocenters. The zero-order valence-corrected chi connectivity index (χ0v) is 25.4. The van der Waals surface area contributed by atoms with Gasteiger partial charge in [0.15, 0.2) is 0 Å². The first kappa shape index (κ1) is 31.3. The quantitative estimate of drug-likeness (QED) is 0.222. The first-order chi connectivity index (χ1) is 18.2. The van der Waals surface area contributed by atoms with E-state index in [-0.39, 0.29) is 0 Å². The number of benzene rings is 2. The third kappa shape index (κ3) is 11.7. The van der Waals surface area contributed by atoms with Gasteiger partial charge in [0.1, 0.15) is 0 Å². The summed E-state index contributed by atoms with van der Waals surface area (Å²) < 4.78 is 0. The van der Waals surface area contributed by atoms with E-state index >= 15 is 0 Å². The summed E-state index contributed by atoms with van der Waals surface area (Å²) in [5, 5.41) is 0. The van der Waals surface area contributed by atoms with Gasteiger partial charge in [-0.1, -0.05) is 136 Å². The van der Waals surface area contributed by atoms with Gasteiger partial charge >= 0.3 is 0 Å². The van der Waals surface area contributed by atoms with Crippen LogP contribution in [0, 0.1) is 53.3 Å². The van der Waals surface area contributed by atoms with Crippen molar-refractivity contribution < 1.29 is 0 Å². The monoisotopic (exact) mass is 506 g/mol. The highest BCUT2D eigenvalue weighted by Crippen LogP contribution is 2.25. The van der Waals surface area contributed by atoms with Crippen LogP contribution in [0.25, 0.3) is 0 Å². The molecular formula is C38H50. The van der Waals surface area contributed by atoms with Crippen molar-refractivity contribution in [1.82, 2.24) is 0 Å². The van der Waals surface area contributed by atoms with Gasteiger partial charge in [-0.3, -0.25) is 0 Å². The van der Waals surface area contributed by atoms with E-state index in [9.17, 15) is 0 Å². The number of hydrogen-bond acceptors (Lipinski definition) is 0. The van der Waals surface area contributed by atoms with E-state index in [0.29, 0.717) is 17.8 Å². The fourth-order valence-electron chi connectivity index (χ4n) is 4.90. The van der Waals surface area contributed by atoms with Crippen molar-refractivity contribution in [3.05, 3.63) is 69.8 Å². The zero-order valence-electron chi connectivity index (χ0n) is 25.4. The Morgan fingerprint density at radius 1 is 0.579 bits per heavy atom. The number of aryl methyl sites for hydroxylation is 1. The summed E-state index contributed by atoms with van der Waals surface area (Å²) in [5.41, 5.74) is 6.97. The summed E-state index contributed by atoms with van der Waals surface area (Å²) in [6, 6.07) is 13.1. The fraction of sp³-hybridized carbons (Fsp3) is 0.526. The SMILES string of the molecule is CCCC(CCC)CCCCc1cc(C#Cc2cc(C#CC(C)C)cc(C#CC(C)C)c2)ccc1C(C)C. The molecule has 0 aliphatic rings. The van der Waals surface area contributed by atoms with Gasteiger partial charge in [-0.25, -0.2) is 0 Å². The van der Waals surface area contributed by atoms with Crippen LogP contribution in [0.2, 0.25) is 0 Å². The molecule has 0 radical (unpaired) electrons. The van der Waals surface area contributed by atoms with Crippen molar-refractivity contribution >= 4 is 0 Å². The summed E-state index contributed by atoms with van der Waals surface area (Å²) in [6.45, 7) is 17.7. The van der Waals surface area contributed by atoms with Crippen LogP contribution in [-0.2, 0) is 6.42 Å². The van der Waals surface area contributed by atoms with Gasteiger partial charge in [0.05, 0.1) is 0 Å². The summed E-state index contributed by atoms with van der Waals surface area (Å²) in [5.74, 6) is 22.1. The van der Waals surface area contributed by atoms with Crippen molar-refractivity contribution in [3.63, 3.8) is 0 Å². The van der Waals surface area contributed by atoms with E-state index in [1.54, 1.807) is 0 Å². The molecular weight excluding hydrogens is 456 g/mol. The van der Waals surface area contributed by atoms with Crippen LogP contribution in [0.4, 0.5) is 0 Å². The topological polar surface area (TPSA) is 0 Å². The lowest BCUT2D eigenvalue weighted by Crippen LogP contribution is -2.01. The molecule has 0 heterocycles. The second kappa shape index (κ2) is 16.9. The molecule has 0 N–H and O–H groups in total. The molecule has 0 amide bonds. The molecule has 2 rings (SSSR count). The second-order valence-electron chi connectivity index (χ2n) is 11.7. The maximum atomic E-state index is 3.45. The Morgan fingerprint density at radius 2 is 1.11 bits per heavy atom. The molecule has 0 aliphatic carbocycles. The smallest absolute Gasteiger partial charge is 0.0273 e. The van der Waals surface area contributed by atoms with E-state index < -0.39 is 0 Å². The average Bonchev–Trinajstić information content (AvgIpc) is 2.87. The summed E-state index contributed by atoms with van der Waals surface area (Å²) in [7, 11) is 0. The summed E-state index contributed by atoms with van der Waals surface area (Å²) >= 11 is 0. The molecule has 0 fully saturated rings. The third-order valence-corrected chi connectivity index (χ3v) is 6.76. The van der Waals surface area contributed by atoms with Crippen molar-refractivity contribution in [2.75, 3.05) is 0 Å². The Bertz CT molecular complexity index is 1140. The molecule has 202 valence electrons. The van der Waals surface area contributed by atoms with E-state index in [1.807, 2.05) is 0 Å². The van der Waals surface area contributed by atoms with Crippen LogP contribution in [-0.4, -0.2) is 0 Å². The number of unbranched alkanes of at least 4 members (excludes halogenated alkanes) is 1. The van der Waals surface area contributed by atoms with Gasteiger partial charge in [-0.2, -0.15) is 0 Å². The van der Waals surface area contributed by atoms with E-state index in [1.165, 1.54) is 56.1 Å². The van der Waals surface area contributed by atoms with Crippen LogP contribution < -0.4 is 0 Å². The Morgan fingerprint density at radius 3 is 1.61 bits per heavy atom. The largest absolute Gasteiger partial charge is 0.0951 e. The summed E-state index contributed by atoms with van der Waals surface area (Å²) in [6.07, 6.45) is 10.5. The van der Waals surface area contributed by atoms with Crippen molar-refractivity contribution in [2.45, 2.75) is 113 Å². The number of hydrogen-bond donors (Lipinski definition) is 0. The van der Waals surface area contributed by atoms with Crippen molar-refractivity contribution in [3.8, 4) is 35.5 Å². The molecule has 2 aromatic carbocycles. The first-order valence-electron chi connectivity index (χ1n) is 15.0. The number of rotatable bonds is 10. The fourth-order valence-corrected chi connectivity index (χ4v) is 4.90. The van der Waals surface area contributed by atoms with Gasteiger partial charge < -0.3 is 0 Å². The van der Waals surface area contributed by atoms with Gasteiger partial charge in [-0.15, -0.1) is 0 Å². The van der Waals surface area contributed by atoms with Crippen molar-refractivity contribution in [1.29, 1.82) is 0 Å². The predicted molar refractivity (Wildman–Crippen MR) is 167 cm³/mol. The molecule has 2 aromatic rings. The third-order valence-electron chi connectivity index (χ3n) is 6.76. The van der Waals surface area contributed by atoms with Crippen LogP contribution in [0.3, 0.4) is 0 Å². The van der Waals surface area contributed by atoms with Crippen LogP contribution >= 0.6 is 0 Å². The standard InChI is InChI=1S/C38H50/c1-9-13-32(14-10-2)15-11-12-16-37-28-33(23-24-38(37)31(7)8)21-22-36-26-34(19-17-29(3)4)25-35(27-36)20-18-30(5)6/h23-32H,9-16H2,1-8H3. The van der Waals surface area contributed by atoms with Crippen molar-refractivity contribution in [2.24, 2.45) is 17.8 Å². The highest BCUT2D eigenvalue weighted by atomic mass is 14.1. The second-order valence-corrected chi connectivity index (χ2v) is 11.7. The van der Waals surface area contributed by atoms with Gasteiger partial charge in [0.2, 0.25) is 0 Å². The Hall–Kier alpha value is -2.88. The molecule has 0 aliphatic heterocycles. The molecule has 0 nitrogen and oxygen atoms in total. The maximum absolute atomic E-state index is 3.45. The molecule has 0 aromatic heterocycles. The lowest BCUT2D eigenvalue weighted by molar-refractivity contribution is 0.395. The molecule has 0 saturated heterocycles. The molecule has 0 unspecified atom stereocenters. The molecule has 38 heavy (non-hydrogen) atoms. The highest BCUT2D eigenvalue weighted by Gasteiger charge is 2.10. The summed E-state index contributed by atoms with van der Waals surface area (Å²) in [4.78, 5) is 0. The minimum atomic E-state index is 0.331. The maximum Gasteiger partial charge on any atom is 0.0273 e. The molecule has 0 saturated carbocycles. The molecule has 0 heteroatoms. The Balaban J connectivity index is 2.27. The van der Waals surface area contributed by atoms with E-state index in [0.717, 1.165) is 34.6 Å². The minimum Gasteiger partial charge on any atom is -0.0951 e. The predicted octanol–water partition coefficient (Wildman–Crippen LogP) is 10.2. The average molecular weight is 507 g/mol.